The Labute approximate surface area is 240 Å². The second-order valence-corrected chi connectivity index (χ2v) is 14.6. The SMILES string of the molecule is C[C@@H]1C[C@H]2[C@@H]3C[C@H](F)C4=CC(=O)C=C[C@]4(C)[C@@]3(F)[C@@H](O)C[C@]2(C)[C@]1(OC(=O)C1C(C)(C)C1(C)C)C(=S)OCC#N. The van der Waals surface area contributed by atoms with Gasteiger partial charge in [0.05, 0.1) is 12.0 Å². The van der Waals surface area contributed by atoms with Gasteiger partial charge >= 0.3 is 5.97 Å². The van der Waals surface area contributed by atoms with Crippen molar-refractivity contribution < 1.29 is 33.0 Å². The third-order valence-electron chi connectivity index (χ3n) is 12.3. The van der Waals surface area contributed by atoms with Crippen LogP contribution in [0.4, 0.5) is 8.78 Å². The lowest BCUT2D eigenvalue weighted by Crippen LogP contribution is -2.71. The van der Waals surface area contributed by atoms with Gasteiger partial charge in [-0.1, -0.05) is 47.6 Å². The highest BCUT2D eigenvalue weighted by Crippen LogP contribution is 2.73. The Balaban J connectivity index is 1.62. The van der Waals surface area contributed by atoms with E-state index >= 15 is 8.78 Å². The van der Waals surface area contributed by atoms with Gasteiger partial charge in [0.1, 0.15) is 12.2 Å². The van der Waals surface area contributed by atoms with Crippen LogP contribution in [-0.4, -0.2) is 52.1 Å². The molecule has 0 aromatic carbocycles. The first-order chi connectivity index (χ1) is 18.4. The van der Waals surface area contributed by atoms with Crippen LogP contribution >= 0.6 is 12.2 Å². The number of halogens is 2. The zero-order valence-electron chi connectivity index (χ0n) is 24.2. The maximum Gasteiger partial charge on any atom is 0.311 e. The van der Waals surface area contributed by atoms with E-state index in [1.54, 1.807) is 6.92 Å². The highest BCUT2D eigenvalue weighted by molar-refractivity contribution is 7.80. The number of esters is 1. The van der Waals surface area contributed by atoms with E-state index < -0.39 is 69.8 Å². The van der Waals surface area contributed by atoms with Gasteiger partial charge in [-0.15, -0.1) is 0 Å². The molecule has 9 atom stereocenters. The normalized spacial score (nSPS) is 46.3. The van der Waals surface area contributed by atoms with E-state index in [1.807, 2.05) is 47.6 Å². The Morgan fingerprint density at radius 3 is 2.38 bits per heavy atom. The summed E-state index contributed by atoms with van der Waals surface area (Å²) < 4.78 is 45.6. The fourth-order valence-electron chi connectivity index (χ4n) is 9.43. The summed E-state index contributed by atoms with van der Waals surface area (Å²) in [6.07, 6.45) is 0.658. The van der Waals surface area contributed by atoms with Gasteiger partial charge in [0.2, 0.25) is 5.05 Å². The number of allylic oxidation sites excluding steroid dienone is 4. The first kappa shape index (κ1) is 29.3. The van der Waals surface area contributed by atoms with Gasteiger partial charge in [0.25, 0.3) is 0 Å². The third-order valence-corrected chi connectivity index (χ3v) is 12.7. The number of nitrogens with zero attached hydrogens (tertiary/aromatic N) is 1. The number of carbonyl (C=O) groups excluding carboxylic acids is 2. The minimum Gasteiger partial charge on any atom is -0.468 e. The van der Waals surface area contributed by atoms with Crippen LogP contribution in [-0.2, 0) is 19.1 Å². The van der Waals surface area contributed by atoms with Crippen molar-refractivity contribution in [3.63, 3.8) is 0 Å². The molecular formula is C31H39F2NO5S. The van der Waals surface area contributed by atoms with Crippen LogP contribution in [0.5, 0.6) is 0 Å². The van der Waals surface area contributed by atoms with Gasteiger partial charge in [-0.05, 0) is 72.9 Å². The molecule has 0 radical (unpaired) electrons. The maximum absolute atomic E-state index is 17.6. The lowest BCUT2D eigenvalue weighted by atomic mass is 9.44. The van der Waals surface area contributed by atoms with Crippen molar-refractivity contribution in [3.05, 3.63) is 23.8 Å². The molecule has 0 aromatic rings. The van der Waals surface area contributed by atoms with Crippen molar-refractivity contribution in [2.45, 2.75) is 91.3 Å². The molecule has 40 heavy (non-hydrogen) atoms. The molecule has 0 amide bonds. The van der Waals surface area contributed by atoms with E-state index in [1.165, 1.54) is 12.2 Å². The van der Waals surface area contributed by atoms with Crippen LogP contribution in [0.1, 0.15) is 67.7 Å². The van der Waals surface area contributed by atoms with E-state index in [9.17, 15) is 20.0 Å². The number of ketones is 1. The van der Waals surface area contributed by atoms with E-state index in [2.05, 4.69) is 0 Å². The molecule has 6 nitrogen and oxygen atoms in total. The Hall–Kier alpha value is -2.18. The Kier molecular flexibility index (Phi) is 6.35. The molecule has 5 aliphatic rings. The number of aliphatic hydroxyl groups excluding tert-OH is 1. The third kappa shape index (κ3) is 3.29. The monoisotopic (exact) mass is 575 g/mol. The summed E-state index contributed by atoms with van der Waals surface area (Å²) in [7, 11) is 0. The molecule has 5 rings (SSSR count). The van der Waals surface area contributed by atoms with Gasteiger partial charge < -0.3 is 14.6 Å². The van der Waals surface area contributed by atoms with Gasteiger partial charge in [-0.2, -0.15) is 5.26 Å². The zero-order chi connectivity index (χ0) is 29.8. The second-order valence-electron chi connectivity index (χ2n) is 14.3. The molecule has 0 bridgehead atoms. The number of carbonyl (C=O) groups is 2. The molecule has 5 aliphatic carbocycles. The quantitative estimate of drug-likeness (QED) is 0.355. The van der Waals surface area contributed by atoms with Gasteiger partial charge in [-0.3, -0.25) is 9.59 Å². The van der Waals surface area contributed by atoms with Crippen molar-refractivity contribution in [1.82, 2.24) is 0 Å². The summed E-state index contributed by atoms with van der Waals surface area (Å²) in [4.78, 5) is 26.0. The van der Waals surface area contributed by atoms with E-state index in [0.717, 1.165) is 6.08 Å². The molecule has 9 heteroatoms. The summed E-state index contributed by atoms with van der Waals surface area (Å²) in [5.41, 5.74) is -7.03. The summed E-state index contributed by atoms with van der Waals surface area (Å²) in [5, 5.41) is 20.9. The standard InChI is InChI=1S/C31H39F2NO5S/c1-16-12-18-19-14-21(32)20-13-17(35)8-9-28(20,6)30(19,33)22(36)15-29(18,7)31(16,25(40)38-11-10-34)39-24(37)23-26(2,3)27(23,4)5/h8-9,13,16,18-19,21-23,36H,11-12,14-15H2,1-7H3/t16-,18+,19+,21+,22+,28+,29+,30+,31-/m1/s1. The van der Waals surface area contributed by atoms with Crippen LogP contribution in [0.15, 0.2) is 23.8 Å². The molecule has 0 saturated heterocycles. The second kappa shape index (κ2) is 8.67. The number of ether oxygens (including phenoxy) is 2. The van der Waals surface area contributed by atoms with E-state index in [4.69, 9.17) is 21.7 Å². The number of nitriles is 1. The maximum atomic E-state index is 17.6. The van der Waals surface area contributed by atoms with Gasteiger partial charge in [0.15, 0.2) is 23.7 Å². The van der Waals surface area contributed by atoms with Crippen molar-refractivity contribution in [3.8, 4) is 6.07 Å². The smallest absolute Gasteiger partial charge is 0.311 e. The van der Waals surface area contributed by atoms with Gasteiger partial charge in [0, 0.05) is 22.7 Å². The minimum atomic E-state index is -2.27. The lowest BCUT2D eigenvalue weighted by Gasteiger charge is -2.63. The largest absolute Gasteiger partial charge is 0.468 e. The number of alkyl halides is 2. The van der Waals surface area contributed by atoms with E-state index in [0.29, 0.717) is 6.42 Å². The fraction of sp³-hybridized carbons (Fsp3) is 0.742. The van der Waals surface area contributed by atoms with Crippen LogP contribution in [0.3, 0.4) is 0 Å². The molecule has 4 saturated carbocycles. The molecule has 0 unspecified atom stereocenters. The van der Waals surface area contributed by atoms with E-state index in [-0.39, 0.29) is 40.9 Å². The Morgan fingerprint density at radius 2 is 1.80 bits per heavy atom. The topological polar surface area (TPSA) is 96.6 Å². The van der Waals surface area contributed by atoms with Crippen LogP contribution < -0.4 is 0 Å². The van der Waals surface area contributed by atoms with Gasteiger partial charge in [-0.25, -0.2) is 8.78 Å². The highest BCUT2D eigenvalue weighted by Gasteiger charge is 2.79. The predicted molar refractivity (Wildman–Crippen MR) is 147 cm³/mol. The van der Waals surface area contributed by atoms with Crippen molar-refractivity contribution in [2.24, 2.45) is 45.3 Å². The average Bonchev–Trinajstić information content (AvgIpc) is 3.17. The van der Waals surface area contributed by atoms with Crippen molar-refractivity contribution in [1.29, 1.82) is 5.26 Å². The number of aliphatic hydroxyl groups is 1. The molecule has 4 fully saturated rings. The molecule has 1 N–H and O–H groups in total. The number of hydrogen-bond donors (Lipinski definition) is 1. The molecule has 0 aromatic heterocycles. The zero-order valence-corrected chi connectivity index (χ0v) is 25.0. The summed E-state index contributed by atoms with van der Waals surface area (Å²) in [5.74, 6) is -3.21. The first-order valence-corrected chi connectivity index (χ1v) is 14.5. The van der Waals surface area contributed by atoms with Crippen molar-refractivity contribution >= 4 is 29.0 Å². The fourth-order valence-corrected chi connectivity index (χ4v) is 9.96. The number of rotatable bonds is 4. The lowest BCUT2D eigenvalue weighted by molar-refractivity contribution is -0.223. The molecule has 218 valence electrons. The van der Waals surface area contributed by atoms with Crippen LogP contribution in [0.25, 0.3) is 0 Å². The Morgan fingerprint density at radius 1 is 1.18 bits per heavy atom. The minimum absolute atomic E-state index is 0.0520. The van der Waals surface area contributed by atoms with Crippen LogP contribution in [0.2, 0.25) is 0 Å². The Bertz CT molecular complexity index is 1270. The average molecular weight is 576 g/mol. The highest BCUT2D eigenvalue weighted by atomic mass is 32.1. The molecule has 0 spiro atoms. The van der Waals surface area contributed by atoms with Crippen molar-refractivity contribution in [2.75, 3.05) is 6.61 Å². The molecular weight excluding hydrogens is 536 g/mol. The first-order valence-electron chi connectivity index (χ1n) is 14.1. The summed E-state index contributed by atoms with van der Waals surface area (Å²) in [6, 6.07) is 1.91. The molecule has 0 heterocycles. The number of fused-ring (bicyclic) bond motifs is 5. The summed E-state index contributed by atoms with van der Waals surface area (Å²) >= 11 is 5.75. The van der Waals surface area contributed by atoms with Crippen LogP contribution in [0, 0.1) is 56.7 Å². The summed E-state index contributed by atoms with van der Waals surface area (Å²) in [6.45, 7) is 12.9. The predicted octanol–water partition coefficient (Wildman–Crippen LogP) is 5.38. The number of thiocarbonyl (C=S) groups is 1. The molecule has 0 aliphatic heterocycles. The number of hydrogen-bond acceptors (Lipinski definition) is 7.